The quantitative estimate of drug-likeness (QED) is 0.641. The van der Waals surface area contributed by atoms with Crippen molar-refractivity contribution in [2.45, 2.75) is 26.2 Å². The maximum atomic E-state index is 9.11. The van der Waals surface area contributed by atoms with Crippen LogP contribution >= 0.6 is 0 Å². The van der Waals surface area contributed by atoms with Gasteiger partial charge >= 0.3 is 0 Å². The summed E-state index contributed by atoms with van der Waals surface area (Å²) in [6.07, 6.45) is 4.79. The van der Waals surface area contributed by atoms with Crippen LogP contribution in [0.2, 0.25) is 0 Å². The van der Waals surface area contributed by atoms with E-state index in [4.69, 9.17) is 19.3 Å². The van der Waals surface area contributed by atoms with Crippen molar-refractivity contribution in [3.8, 4) is 11.5 Å². The van der Waals surface area contributed by atoms with Crippen molar-refractivity contribution >= 4 is 0 Å². The van der Waals surface area contributed by atoms with Gasteiger partial charge in [0.2, 0.25) is 0 Å². The summed E-state index contributed by atoms with van der Waals surface area (Å²) in [7, 11) is 1.60. The Kier molecular flexibility index (Phi) is 5.44. The van der Waals surface area contributed by atoms with Crippen molar-refractivity contribution in [2.75, 3.05) is 27.1 Å². The molecule has 0 atom stereocenters. The number of hydrogen-bond acceptors (Lipinski definition) is 4. The van der Waals surface area contributed by atoms with E-state index in [1.165, 1.54) is 5.56 Å². The van der Waals surface area contributed by atoms with E-state index in [2.05, 4.69) is 6.07 Å². The van der Waals surface area contributed by atoms with Gasteiger partial charge in [-0.2, -0.15) is 0 Å². The van der Waals surface area contributed by atoms with E-state index >= 15 is 0 Å². The van der Waals surface area contributed by atoms with Crippen molar-refractivity contribution in [3.63, 3.8) is 0 Å². The molecule has 1 N–H and O–H groups in total. The van der Waals surface area contributed by atoms with Crippen LogP contribution in [0.4, 0.5) is 0 Å². The average molecular weight is 278 g/mol. The van der Waals surface area contributed by atoms with Gasteiger partial charge in [0.05, 0.1) is 13.2 Å². The standard InChI is InChI=1S/C16H22O4/c1-12(10-17)5-7-14-15(20-11-18-2)8-6-13-4-3-9-19-16(13)14/h5-6,8,17H,3-4,7,9-11H2,1-2H3. The molecule has 1 aliphatic heterocycles. The van der Waals surface area contributed by atoms with Crippen LogP contribution in [-0.4, -0.2) is 32.2 Å². The number of hydrogen-bond donors (Lipinski definition) is 1. The largest absolute Gasteiger partial charge is 0.493 e. The molecule has 0 saturated heterocycles. The van der Waals surface area contributed by atoms with Gasteiger partial charge in [-0.25, -0.2) is 0 Å². The molecule has 0 radical (unpaired) electrons. The van der Waals surface area contributed by atoms with Crippen LogP contribution in [0.3, 0.4) is 0 Å². The molecule has 1 aliphatic rings. The Hall–Kier alpha value is -1.52. The molecule has 0 unspecified atom stereocenters. The highest BCUT2D eigenvalue weighted by molar-refractivity contribution is 5.52. The molecule has 4 nitrogen and oxygen atoms in total. The summed E-state index contributed by atoms with van der Waals surface area (Å²) in [5.41, 5.74) is 3.20. The second-order valence-electron chi connectivity index (χ2n) is 4.95. The average Bonchev–Trinajstić information content (AvgIpc) is 2.50. The highest BCUT2D eigenvalue weighted by atomic mass is 16.7. The van der Waals surface area contributed by atoms with Gasteiger partial charge in [0.25, 0.3) is 0 Å². The predicted octanol–water partition coefficient (Wildman–Crippen LogP) is 2.48. The van der Waals surface area contributed by atoms with E-state index in [9.17, 15) is 0 Å². The van der Waals surface area contributed by atoms with Crippen LogP contribution in [0.5, 0.6) is 11.5 Å². The van der Waals surface area contributed by atoms with Gasteiger partial charge < -0.3 is 19.3 Å². The smallest absolute Gasteiger partial charge is 0.188 e. The first-order valence-electron chi connectivity index (χ1n) is 6.92. The van der Waals surface area contributed by atoms with Crippen molar-refractivity contribution < 1.29 is 19.3 Å². The molecule has 2 rings (SSSR count). The third kappa shape index (κ3) is 3.52. The highest BCUT2D eigenvalue weighted by Crippen LogP contribution is 2.36. The van der Waals surface area contributed by atoms with Crippen LogP contribution in [0, 0.1) is 0 Å². The maximum Gasteiger partial charge on any atom is 0.188 e. The lowest BCUT2D eigenvalue weighted by molar-refractivity contribution is 0.0502. The fraction of sp³-hybridized carbons (Fsp3) is 0.500. The van der Waals surface area contributed by atoms with Gasteiger partial charge in [-0.1, -0.05) is 17.7 Å². The molecule has 1 aromatic carbocycles. The molecule has 110 valence electrons. The van der Waals surface area contributed by atoms with Crippen molar-refractivity contribution in [2.24, 2.45) is 0 Å². The van der Waals surface area contributed by atoms with E-state index in [1.54, 1.807) is 7.11 Å². The number of fused-ring (bicyclic) bond motifs is 1. The summed E-state index contributed by atoms with van der Waals surface area (Å²) in [6.45, 7) is 2.95. The number of allylic oxidation sites excluding steroid dienone is 1. The molecule has 4 heteroatoms. The summed E-state index contributed by atoms with van der Waals surface area (Å²) >= 11 is 0. The Morgan fingerprint density at radius 1 is 1.45 bits per heavy atom. The molecule has 0 amide bonds. The second kappa shape index (κ2) is 7.31. The zero-order valence-electron chi connectivity index (χ0n) is 12.1. The van der Waals surface area contributed by atoms with E-state index in [-0.39, 0.29) is 13.4 Å². The fourth-order valence-electron chi connectivity index (χ4n) is 2.26. The van der Waals surface area contributed by atoms with E-state index in [0.29, 0.717) is 6.42 Å². The third-order valence-corrected chi connectivity index (χ3v) is 3.37. The highest BCUT2D eigenvalue weighted by Gasteiger charge is 2.18. The molecular formula is C16H22O4. The Labute approximate surface area is 120 Å². The molecular weight excluding hydrogens is 256 g/mol. The number of benzene rings is 1. The van der Waals surface area contributed by atoms with Crippen LogP contribution in [-0.2, 0) is 17.6 Å². The number of aliphatic hydroxyl groups is 1. The number of methoxy groups -OCH3 is 1. The molecule has 0 fully saturated rings. The van der Waals surface area contributed by atoms with Crippen molar-refractivity contribution in [1.29, 1.82) is 0 Å². The molecule has 0 saturated carbocycles. The number of aliphatic hydroxyl groups excluding tert-OH is 1. The number of rotatable bonds is 6. The molecule has 1 aromatic rings. The van der Waals surface area contributed by atoms with Crippen LogP contribution in [0.1, 0.15) is 24.5 Å². The fourth-order valence-corrected chi connectivity index (χ4v) is 2.26. The van der Waals surface area contributed by atoms with Crippen LogP contribution < -0.4 is 9.47 Å². The van der Waals surface area contributed by atoms with E-state index < -0.39 is 0 Å². The van der Waals surface area contributed by atoms with Crippen LogP contribution in [0.15, 0.2) is 23.8 Å². The monoisotopic (exact) mass is 278 g/mol. The van der Waals surface area contributed by atoms with Crippen molar-refractivity contribution in [3.05, 3.63) is 34.9 Å². The lowest BCUT2D eigenvalue weighted by atomic mass is 9.99. The lowest BCUT2D eigenvalue weighted by Crippen LogP contribution is -2.12. The summed E-state index contributed by atoms with van der Waals surface area (Å²) in [5.74, 6) is 1.72. The van der Waals surface area contributed by atoms with Gasteiger partial charge in [-0.05, 0) is 37.8 Å². The molecule has 0 aromatic heterocycles. The van der Waals surface area contributed by atoms with Gasteiger partial charge in [-0.15, -0.1) is 0 Å². The summed E-state index contributed by atoms with van der Waals surface area (Å²) in [6, 6.07) is 4.04. The second-order valence-corrected chi connectivity index (χ2v) is 4.95. The van der Waals surface area contributed by atoms with Crippen LogP contribution in [0.25, 0.3) is 0 Å². The maximum absolute atomic E-state index is 9.11. The predicted molar refractivity (Wildman–Crippen MR) is 77.3 cm³/mol. The van der Waals surface area contributed by atoms with Gasteiger partial charge in [0.1, 0.15) is 11.5 Å². The number of ether oxygens (including phenoxy) is 3. The van der Waals surface area contributed by atoms with Gasteiger partial charge in [0, 0.05) is 12.7 Å². The van der Waals surface area contributed by atoms with Crippen molar-refractivity contribution in [1.82, 2.24) is 0 Å². The zero-order valence-corrected chi connectivity index (χ0v) is 12.1. The summed E-state index contributed by atoms with van der Waals surface area (Å²) < 4.78 is 16.4. The molecule has 0 aliphatic carbocycles. The molecule has 20 heavy (non-hydrogen) atoms. The molecule has 0 bridgehead atoms. The molecule has 0 spiro atoms. The Bertz CT molecular complexity index is 480. The number of aryl methyl sites for hydroxylation is 1. The van der Waals surface area contributed by atoms with E-state index in [0.717, 1.165) is 42.1 Å². The lowest BCUT2D eigenvalue weighted by Gasteiger charge is -2.22. The Morgan fingerprint density at radius 2 is 2.30 bits per heavy atom. The minimum atomic E-state index is 0.0736. The first-order chi connectivity index (χ1) is 9.76. The first kappa shape index (κ1) is 14.9. The minimum absolute atomic E-state index is 0.0736. The van der Waals surface area contributed by atoms with Gasteiger partial charge in [-0.3, -0.25) is 0 Å². The summed E-state index contributed by atoms with van der Waals surface area (Å²) in [5, 5.41) is 9.11. The van der Waals surface area contributed by atoms with E-state index in [1.807, 2.05) is 19.1 Å². The third-order valence-electron chi connectivity index (χ3n) is 3.37. The summed E-state index contributed by atoms with van der Waals surface area (Å²) in [4.78, 5) is 0. The SMILES string of the molecule is COCOc1ccc2c(c1CC=C(C)CO)OCCC2. The topological polar surface area (TPSA) is 47.9 Å². The van der Waals surface area contributed by atoms with Gasteiger partial charge in [0.15, 0.2) is 6.79 Å². The minimum Gasteiger partial charge on any atom is -0.493 e. The zero-order chi connectivity index (χ0) is 14.4. The Balaban J connectivity index is 2.31. The Morgan fingerprint density at radius 3 is 3.05 bits per heavy atom. The normalized spacial score (nSPS) is 14.7. The first-order valence-corrected chi connectivity index (χ1v) is 6.92. The molecule has 1 heterocycles.